The van der Waals surface area contributed by atoms with Crippen molar-refractivity contribution in [2.75, 3.05) is 0 Å². The molecule has 0 fully saturated rings. The van der Waals surface area contributed by atoms with Crippen molar-refractivity contribution < 1.29 is 29.3 Å². The van der Waals surface area contributed by atoms with Gasteiger partial charge in [0, 0.05) is 12.3 Å². The van der Waals surface area contributed by atoms with E-state index in [2.05, 4.69) is 6.92 Å². The molecule has 1 aliphatic heterocycles. The van der Waals surface area contributed by atoms with Gasteiger partial charge in [-0.3, -0.25) is 14.4 Å². The van der Waals surface area contributed by atoms with Gasteiger partial charge in [-0.1, -0.05) is 44.9 Å². The van der Waals surface area contributed by atoms with Crippen molar-refractivity contribution in [3.8, 4) is 0 Å². The van der Waals surface area contributed by atoms with Gasteiger partial charge < -0.3 is 14.9 Å². The molecule has 0 saturated heterocycles. The molecular formula is C25H40O6. The fourth-order valence-corrected chi connectivity index (χ4v) is 3.98. The summed E-state index contributed by atoms with van der Waals surface area (Å²) in [6.45, 7) is 10.9. The third-order valence-corrected chi connectivity index (χ3v) is 6.15. The first-order valence-corrected chi connectivity index (χ1v) is 11.4. The number of hydrogen-bond donors (Lipinski definition) is 2. The van der Waals surface area contributed by atoms with Crippen molar-refractivity contribution >= 4 is 17.7 Å². The molecule has 2 N–H and O–H groups in total. The van der Waals surface area contributed by atoms with E-state index in [4.69, 9.17) is 4.74 Å². The molecule has 0 aromatic heterocycles. The molecule has 0 bridgehead atoms. The summed E-state index contributed by atoms with van der Waals surface area (Å²) in [7, 11) is 0. The van der Waals surface area contributed by atoms with Crippen molar-refractivity contribution in [2.24, 2.45) is 23.7 Å². The van der Waals surface area contributed by atoms with Crippen molar-refractivity contribution in [1.82, 2.24) is 0 Å². The Morgan fingerprint density at radius 1 is 1.06 bits per heavy atom. The molecule has 1 rings (SSSR count). The van der Waals surface area contributed by atoms with Crippen LogP contribution in [0.25, 0.3) is 0 Å². The number of esters is 1. The number of carboxylic acids is 1. The molecule has 6 heteroatoms. The summed E-state index contributed by atoms with van der Waals surface area (Å²) in [4.78, 5) is 36.6. The van der Waals surface area contributed by atoms with Crippen LogP contribution in [0.5, 0.6) is 0 Å². The van der Waals surface area contributed by atoms with Gasteiger partial charge in [0.05, 0.1) is 17.9 Å². The molecule has 6 unspecified atom stereocenters. The van der Waals surface area contributed by atoms with E-state index in [0.29, 0.717) is 12.8 Å². The first-order valence-electron chi connectivity index (χ1n) is 11.4. The predicted octanol–water partition coefficient (Wildman–Crippen LogP) is 4.70. The lowest BCUT2D eigenvalue weighted by molar-refractivity contribution is -0.161. The Bertz CT molecular complexity index is 692. The van der Waals surface area contributed by atoms with Crippen LogP contribution in [-0.4, -0.2) is 40.1 Å². The standard InChI is InChI=1S/C25H40O6/c1-15-9-7-8-10-23(20(6)24(28)29)31-25(30)19(5)13-16(2)12-18(4)22(27)14-21(26)17(3)11-15/h11-12,15,18-21,23,26H,7-10,13-14H2,1-6H3,(H,28,29)/b16-12+,17-11+. The molecule has 0 aromatic carbocycles. The zero-order chi connectivity index (χ0) is 23.7. The van der Waals surface area contributed by atoms with Crippen molar-refractivity contribution in [2.45, 2.75) is 92.3 Å². The molecule has 0 aliphatic carbocycles. The topological polar surface area (TPSA) is 101 Å². The first-order chi connectivity index (χ1) is 14.4. The summed E-state index contributed by atoms with van der Waals surface area (Å²) in [6.07, 6.45) is 5.88. The molecule has 6 atom stereocenters. The molecule has 0 radical (unpaired) electrons. The molecule has 1 aliphatic rings. The second kappa shape index (κ2) is 12.8. The summed E-state index contributed by atoms with van der Waals surface area (Å²) in [5, 5.41) is 19.9. The maximum atomic E-state index is 12.6. The number of hydrogen-bond acceptors (Lipinski definition) is 5. The van der Waals surface area contributed by atoms with Crippen LogP contribution < -0.4 is 0 Å². The highest BCUT2D eigenvalue weighted by atomic mass is 16.5. The van der Waals surface area contributed by atoms with Crippen LogP contribution in [0, 0.1) is 23.7 Å². The van der Waals surface area contributed by atoms with Gasteiger partial charge in [0.15, 0.2) is 0 Å². The molecule has 0 amide bonds. The van der Waals surface area contributed by atoms with E-state index in [-0.39, 0.29) is 24.0 Å². The Hall–Kier alpha value is -1.95. The lowest BCUT2D eigenvalue weighted by Gasteiger charge is -2.24. The van der Waals surface area contributed by atoms with Crippen LogP contribution in [0.2, 0.25) is 0 Å². The van der Waals surface area contributed by atoms with Crippen LogP contribution in [0.15, 0.2) is 23.3 Å². The summed E-state index contributed by atoms with van der Waals surface area (Å²) < 4.78 is 5.63. The lowest BCUT2D eigenvalue weighted by Crippen LogP contribution is -2.32. The molecule has 0 spiro atoms. The van der Waals surface area contributed by atoms with Gasteiger partial charge in [0.25, 0.3) is 0 Å². The van der Waals surface area contributed by atoms with Crippen LogP contribution in [-0.2, 0) is 19.1 Å². The third kappa shape index (κ3) is 9.38. The van der Waals surface area contributed by atoms with Gasteiger partial charge in [-0.05, 0) is 57.9 Å². The van der Waals surface area contributed by atoms with Crippen LogP contribution in [0.3, 0.4) is 0 Å². The van der Waals surface area contributed by atoms with Crippen LogP contribution in [0.4, 0.5) is 0 Å². The number of rotatable bonds is 2. The Morgan fingerprint density at radius 2 is 1.68 bits per heavy atom. The highest BCUT2D eigenvalue weighted by Gasteiger charge is 2.29. The van der Waals surface area contributed by atoms with Gasteiger partial charge in [0.1, 0.15) is 11.9 Å². The number of allylic oxidation sites excluding steroid dienone is 3. The van der Waals surface area contributed by atoms with Gasteiger partial charge in [0.2, 0.25) is 0 Å². The van der Waals surface area contributed by atoms with Gasteiger partial charge in [-0.15, -0.1) is 0 Å². The summed E-state index contributed by atoms with van der Waals surface area (Å²) in [5.74, 6) is -2.77. The van der Waals surface area contributed by atoms with E-state index >= 15 is 0 Å². The monoisotopic (exact) mass is 436 g/mol. The number of carbonyl (C=O) groups excluding carboxylic acids is 2. The summed E-state index contributed by atoms with van der Waals surface area (Å²) >= 11 is 0. The highest BCUT2D eigenvalue weighted by molar-refractivity contribution is 5.83. The second-order valence-electron chi connectivity index (χ2n) is 9.37. The van der Waals surface area contributed by atoms with E-state index in [1.54, 1.807) is 20.8 Å². The van der Waals surface area contributed by atoms with Crippen molar-refractivity contribution in [3.05, 3.63) is 23.3 Å². The number of aliphatic hydroxyl groups is 1. The minimum Gasteiger partial charge on any atom is -0.481 e. The van der Waals surface area contributed by atoms with Crippen LogP contribution in [0.1, 0.15) is 80.1 Å². The van der Waals surface area contributed by atoms with Gasteiger partial charge >= 0.3 is 11.9 Å². The van der Waals surface area contributed by atoms with Gasteiger partial charge in [-0.25, -0.2) is 0 Å². The minimum absolute atomic E-state index is 0.0426. The molecular weight excluding hydrogens is 396 g/mol. The molecule has 31 heavy (non-hydrogen) atoms. The number of ether oxygens (including phenoxy) is 1. The van der Waals surface area contributed by atoms with E-state index in [1.807, 2.05) is 26.0 Å². The molecule has 0 aromatic rings. The van der Waals surface area contributed by atoms with E-state index < -0.39 is 36.0 Å². The highest BCUT2D eigenvalue weighted by Crippen LogP contribution is 2.23. The number of ketones is 1. The maximum absolute atomic E-state index is 12.6. The summed E-state index contributed by atoms with van der Waals surface area (Å²) in [5.41, 5.74) is 1.69. The number of aliphatic hydroxyl groups excluding tert-OH is 1. The Morgan fingerprint density at radius 3 is 2.29 bits per heavy atom. The van der Waals surface area contributed by atoms with E-state index in [0.717, 1.165) is 30.4 Å². The number of cyclic esters (lactones) is 1. The molecule has 0 saturated carbocycles. The first kappa shape index (κ1) is 27.1. The SMILES string of the molecule is C/C1=C\C(C)C(=O)CC(O)/C(C)=C/C(C)CCCCC(C(C)C(=O)O)OC(=O)C(C)C1. The van der Waals surface area contributed by atoms with E-state index in [9.17, 15) is 24.6 Å². The quantitative estimate of drug-likeness (QED) is 0.480. The molecule has 1 heterocycles. The normalized spacial score (nSPS) is 34.9. The number of Topliss-reactive ketones (excluding diaryl/α,β-unsaturated/α-hetero) is 1. The average Bonchev–Trinajstić information content (AvgIpc) is 2.68. The summed E-state index contributed by atoms with van der Waals surface area (Å²) in [6, 6.07) is 0. The predicted molar refractivity (Wildman–Crippen MR) is 120 cm³/mol. The smallest absolute Gasteiger partial charge is 0.309 e. The number of aliphatic carboxylic acids is 1. The van der Waals surface area contributed by atoms with Crippen LogP contribution >= 0.6 is 0 Å². The molecule has 176 valence electrons. The van der Waals surface area contributed by atoms with Crippen molar-refractivity contribution in [3.63, 3.8) is 0 Å². The van der Waals surface area contributed by atoms with Gasteiger partial charge in [-0.2, -0.15) is 0 Å². The second-order valence-corrected chi connectivity index (χ2v) is 9.37. The fraction of sp³-hybridized carbons (Fsp3) is 0.720. The Kier molecular flexibility index (Phi) is 11.2. The lowest BCUT2D eigenvalue weighted by atomic mass is 9.91. The Balaban J connectivity index is 3.08. The number of carboxylic acid groups (broad SMARTS) is 1. The van der Waals surface area contributed by atoms with Crippen molar-refractivity contribution in [1.29, 1.82) is 0 Å². The Labute approximate surface area is 186 Å². The zero-order valence-corrected chi connectivity index (χ0v) is 19.9. The maximum Gasteiger partial charge on any atom is 0.309 e. The van der Waals surface area contributed by atoms with E-state index in [1.165, 1.54) is 0 Å². The largest absolute Gasteiger partial charge is 0.481 e. The fourth-order valence-electron chi connectivity index (χ4n) is 3.98. The zero-order valence-electron chi connectivity index (χ0n) is 19.9. The third-order valence-electron chi connectivity index (χ3n) is 6.15. The minimum atomic E-state index is -0.975. The average molecular weight is 437 g/mol. The number of carbonyl (C=O) groups is 3. The molecule has 6 nitrogen and oxygen atoms in total.